The summed E-state index contributed by atoms with van der Waals surface area (Å²) in [4.78, 5) is 6.72. The van der Waals surface area contributed by atoms with Crippen LogP contribution in [0.2, 0.25) is 0 Å². The molecule has 1 aromatic carbocycles. The number of amidine groups is 1. The lowest BCUT2D eigenvalue weighted by atomic mass is 10.1. The summed E-state index contributed by atoms with van der Waals surface area (Å²) >= 11 is 1.78. The highest BCUT2D eigenvalue weighted by atomic mass is 32.2. The van der Waals surface area contributed by atoms with Gasteiger partial charge in [0.25, 0.3) is 0 Å². The third-order valence-corrected chi connectivity index (χ3v) is 3.92. The SMILES string of the molecule is CN(C)c1ccc(NC2=NC(C)(C)CS2)cc1. The largest absolute Gasteiger partial charge is 0.378 e. The quantitative estimate of drug-likeness (QED) is 0.873. The Morgan fingerprint density at radius 3 is 2.35 bits per heavy atom. The lowest BCUT2D eigenvalue weighted by Gasteiger charge is -2.13. The minimum absolute atomic E-state index is 0.0660. The van der Waals surface area contributed by atoms with Crippen molar-refractivity contribution in [2.75, 3.05) is 30.1 Å². The summed E-state index contributed by atoms with van der Waals surface area (Å²) in [5.74, 6) is 1.05. The molecule has 0 radical (unpaired) electrons. The summed E-state index contributed by atoms with van der Waals surface area (Å²) in [5, 5.41) is 4.38. The van der Waals surface area contributed by atoms with E-state index in [0.29, 0.717) is 0 Å². The van der Waals surface area contributed by atoms with E-state index in [1.807, 2.05) is 14.1 Å². The van der Waals surface area contributed by atoms with Crippen molar-refractivity contribution < 1.29 is 0 Å². The number of benzene rings is 1. The van der Waals surface area contributed by atoms with Crippen LogP contribution >= 0.6 is 11.8 Å². The summed E-state index contributed by atoms with van der Waals surface area (Å²) in [6.07, 6.45) is 0. The Morgan fingerprint density at radius 2 is 1.88 bits per heavy atom. The van der Waals surface area contributed by atoms with E-state index in [1.54, 1.807) is 11.8 Å². The van der Waals surface area contributed by atoms with Crippen molar-refractivity contribution in [2.45, 2.75) is 19.4 Å². The molecule has 1 aromatic rings. The molecule has 92 valence electrons. The van der Waals surface area contributed by atoms with Crippen molar-refractivity contribution >= 4 is 28.3 Å². The van der Waals surface area contributed by atoms with Gasteiger partial charge in [0.05, 0.1) is 5.54 Å². The van der Waals surface area contributed by atoms with Crippen molar-refractivity contribution in [1.82, 2.24) is 0 Å². The molecule has 0 amide bonds. The van der Waals surface area contributed by atoms with Crippen LogP contribution in [0.15, 0.2) is 29.3 Å². The minimum Gasteiger partial charge on any atom is -0.378 e. The second-order valence-electron chi connectivity index (χ2n) is 5.08. The minimum atomic E-state index is 0.0660. The average Bonchev–Trinajstić information content (AvgIpc) is 2.59. The van der Waals surface area contributed by atoms with E-state index < -0.39 is 0 Å². The Kier molecular flexibility index (Phi) is 3.33. The van der Waals surface area contributed by atoms with E-state index in [4.69, 9.17) is 0 Å². The first kappa shape index (κ1) is 12.3. The molecule has 1 heterocycles. The van der Waals surface area contributed by atoms with Crippen molar-refractivity contribution in [2.24, 2.45) is 4.99 Å². The van der Waals surface area contributed by atoms with Gasteiger partial charge in [0.15, 0.2) is 5.17 Å². The highest BCUT2D eigenvalue weighted by molar-refractivity contribution is 8.14. The number of hydrogen-bond donors (Lipinski definition) is 1. The zero-order valence-electron chi connectivity index (χ0n) is 10.8. The third-order valence-electron chi connectivity index (χ3n) is 2.60. The van der Waals surface area contributed by atoms with Crippen molar-refractivity contribution in [3.63, 3.8) is 0 Å². The smallest absolute Gasteiger partial charge is 0.161 e. The predicted molar refractivity (Wildman–Crippen MR) is 78.4 cm³/mol. The zero-order chi connectivity index (χ0) is 12.5. The van der Waals surface area contributed by atoms with E-state index >= 15 is 0 Å². The van der Waals surface area contributed by atoms with Crippen molar-refractivity contribution in [3.05, 3.63) is 24.3 Å². The van der Waals surface area contributed by atoms with Gasteiger partial charge >= 0.3 is 0 Å². The molecule has 1 N–H and O–H groups in total. The zero-order valence-corrected chi connectivity index (χ0v) is 11.6. The normalized spacial score (nSPS) is 17.8. The molecule has 0 spiro atoms. The summed E-state index contributed by atoms with van der Waals surface area (Å²) in [7, 11) is 4.09. The highest BCUT2D eigenvalue weighted by Crippen LogP contribution is 2.28. The molecule has 17 heavy (non-hydrogen) atoms. The van der Waals surface area contributed by atoms with Gasteiger partial charge < -0.3 is 10.2 Å². The van der Waals surface area contributed by atoms with Gasteiger partial charge in [0.2, 0.25) is 0 Å². The van der Waals surface area contributed by atoms with Crippen LogP contribution in [0, 0.1) is 0 Å². The Bertz CT molecular complexity index is 421. The van der Waals surface area contributed by atoms with Crippen LogP contribution in [-0.2, 0) is 0 Å². The van der Waals surface area contributed by atoms with Crippen LogP contribution in [-0.4, -0.2) is 30.6 Å². The number of rotatable bonds is 2. The lowest BCUT2D eigenvalue weighted by Crippen LogP contribution is -2.15. The van der Waals surface area contributed by atoms with Crippen LogP contribution in [0.4, 0.5) is 11.4 Å². The topological polar surface area (TPSA) is 27.6 Å². The van der Waals surface area contributed by atoms with Crippen LogP contribution in [0.5, 0.6) is 0 Å². The number of hydrogen-bond acceptors (Lipinski definition) is 4. The molecule has 2 rings (SSSR count). The fourth-order valence-electron chi connectivity index (χ4n) is 1.61. The molecule has 0 fully saturated rings. The first-order valence-corrected chi connectivity index (χ1v) is 6.72. The number of nitrogens with zero attached hydrogens (tertiary/aromatic N) is 2. The van der Waals surface area contributed by atoms with Crippen LogP contribution in [0.25, 0.3) is 0 Å². The molecule has 1 aliphatic rings. The standard InChI is InChI=1S/C13H19N3S/c1-13(2)9-17-12(15-13)14-10-5-7-11(8-6-10)16(3)4/h5-8H,9H2,1-4H3,(H,14,15). The number of aliphatic imine (C=N–C) groups is 1. The third kappa shape index (κ3) is 3.16. The van der Waals surface area contributed by atoms with Gasteiger partial charge in [-0.05, 0) is 38.1 Å². The second kappa shape index (κ2) is 4.61. The van der Waals surface area contributed by atoms with Gasteiger partial charge in [-0.2, -0.15) is 0 Å². The molecule has 0 aromatic heterocycles. The lowest BCUT2D eigenvalue weighted by molar-refractivity contribution is 0.605. The molecule has 0 aliphatic carbocycles. The first-order chi connectivity index (χ1) is 7.96. The summed E-state index contributed by atoms with van der Waals surface area (Å²) < 4.78 is 0. The summed E-state index contributed by atoms with van der Waals surface area (Å²) in [6, 6.07) is 8.38. The summed E-state index contributed by atoms with van der Waals surface area (Å²) in [6.45, 7) is 4.31. The van der Waals surface area contributed by atoms with E-state index in [-0.39, 0.29) is 5.54 Å². The fourth-order valence-corrected chi connectivity index (χ4v) is 2.67. The molecule has 3 nitrogen and oxygen atoms in total. The van der Waals surface area contributed by atoms with Crippen LogP contribution < -0.4 is 10.2 Å². The van der Waals surface area contributed by atoms with Crippen molar-refractivity contribution in [1.29, 1.82) is 0 Å². The number of anilines is 2. The molecule has 0 atom stereocenters. The molecule has 0 saturated carbocycles. The van der Waals surface area contributed by atoms with Gasteiger partial charge in [-0.1, -0.05) is 11.8 Å². The Morgan fingerprint density at radius 1 is 1.24 bits per heavy atom. The highest BCUT2D eigenvalue weighted by Gasteiger charge is 2.25. The van der Waals surface area contributed by atoms with E-state index in [9.17, 15) is 0 Å². The van der Waals surface area contributed by atoms with E-state index in [1.165, 1.54) is 5.69 Å². The molecule has 0 bridgehead atoms. The first-order valence-electron chi connectivity index (χ1n) is 5.73. The average molecular weight is 249 g/mol. The summed E-state index contributed by atoms with van der Waals surface area (Å²) in [5.41, 5.74) is 2.37. The van der Waals surface area contributed by atoms with E-state index in [0.717, 1.165) is 16.6 Å². The Labute approximate surface area is 107 Å². The number of thioether (sulfide) groups is 1. The van der Waals surface area contributed by atoms with Gasteiger partial charge in [0.1, 0.15) is 0 Å². The molecular formula is C13H19N3S. The molecule has 0 saturated heterocycles. The fraction of sp³-hybridized carbons (Fsp3) is 0.462. The molecule has 0 unspecified atom stereocenters. The van der Waals surface area contributed by atoms with Gasteiger partial charge in [-0.15, -0.1) is 0 Å². The maximum absolute atomic E-state index is 4.63. The van der Waals surface area contributed by atoms with Crippen molar-refractivity contribution in [3.8, 4) is 0 Å². The molecule has 4 heteroatoms. The predicted octanol–water partition coefficient (Wildman–Crippen LogP) is 3.05. The van der Waals surface area contributed by atoms with Gasteiger partial charge in [-0.25, -0.2) is 0 Å². The second-order valence-corrected chi connectivity index (χ2v) is 6.05. The van der Waals surface area contributed by atoms with Gasteiger partial charge in [0, 0.05) is 31.2 Å². The van der Waals surface area contributed by atoms with E-state index in [2.05, 4.69) is 53.3 Å². The number of nitrogens with one attached hydrogen (secondary N) is 1. The van der Waals surface area contributed by atoms with Crippen LogP contribution in [0.1, 0.15) is 13.8 Å². The maximum Gasteiger partial charge on any atom is 0.161 e. The molecular weight excluding hydrogens is 230 g/mol. The Hall–Kier alpha value is -1.16. The maximum atomic E-state index is 4.63. The monoisotopic (exact) mass is 249 g/mol. The van der Waals surface area contributed by atoms with Gasteiger partial charge in [-0.3, -0.25) is 4.99 Å². The Balaban J connectivity index is 2.05. The molecule has 1 aliphatic heterocycles. The van der Waals surface area contributed by atoms with Crippen LogP contribution in [0.3, 0.4) is 0 Å².